The van der Waals surface area contributed by atoms with Crippen molar-refractivity contribution in [2.45, 2.75) is 31.7 Å². The van der Waals surface area contributed by atoms with E-state index in [2.05, 4.69) is 22.2 Å². The molecule has 0 unspecified atom stereocenters. The summed E-state index contributed by atoms with van der Waals surface area (Å²) in [5, 5.41) is 4.60. The van der Waals surface area contributed by atoms with Crippen molar-refractivity contribution >= 4 is 28.6 Å². The molecule has 0 saturated heterocycles. The summed E-state index contributed by atoms with van der Waals surface area (Å²) in [6.07, 6.45) is 2.02. The van der Waals surface area contributed by atoms with Crippen molar-refractivity contribution in [2.24, 2.45) is 0 Å². The van der Waals surface area contributed by atoms with Crippen molar-refractivity contribution in [1.29, 1.82) is 0 Å². The number of nitrogens with one attached hydrogen (secondary N) is 1. The first-order valence-electron chi connectivity index (χ1n) is 9.00. The highest BCUT2D eigenvalue weighted by Gasteiger charge is 2.12. The van der Waals surface area contributed by atoms with Gasteiger partial charge in [0.1, 0.15) is 10.8 Å². The standard InChI is InChI=1S/C21H22FN3OS/c1-3-4-11-23-19(26)13-27-21-17-12-14(2)5-10-18(17)24-20(25-21)15-6-8-16(22)9-7-15/h5-10,12H,3-4,11,13H2,1-2H3,(H,23,26). The summed E-state index contributed by atoms with van der Waals surface area (Å²) in [5.74, 6) is 0.525. The van der Waals surface area contributed by atoms with Crippen molar-refractivity contribution in [3.05, 3.63) is 53.8 Å². The van der Waals surface area contributed by atoms with E-state index in [1.54, 1.807) is 12.1 Å². The van der Waals surface area contributed by atoms with Crippen LogP contribution in [0, 0.1) is 12.7 Å². The van der Waals surface area contributed by atoms with Gasteiger partial charge in [-0.2, -0.15) is 0 Å². The lowest BCUT2D eigenvalue weighted by atomic mass is 10.1. The molecule has 0 bridgehead atoms. The molecule has 0 radical (unpaired) electrons. The van der Waals surface area contributed by atoms with Crippen molar-refractivity contribution in [3.63, 3.8) is 0 Å². The SMILES string of the molecule is CCCCNC(=O)CSc1nc(-c2ccc(F)cc2)nc2ccc(C)cc12. The van der Waals surface area contributed by atoms with Crippen LogP contribution in [0.2, 0.25) is 0 Å². The monoisotopic (exact) mass is 383 g/mol. The number of benzene rings is 2. The third-order valence-corrected chi connectivity index (χ3v) is 5.10. The average Bonchev–Trinajstić information content (AvgIpc) is 2.67. The molecule has 0 aliphatic rings. The van der Waals surface area contributed by atoms with Crippen molar-refractivity contribution in [3.8, 4) is 11.4 Å². The minimum atomic E-state index is -0.298. The maximum absolute atomic E-state index is 13.2. The highest BCUT2D eigenvalue weighted by atomic mass is 32.2. The molecule has 0 aliphatic heterocycles. The fraction of sp³-hybridized carbons (Fsp3) is 0.286. The lowest BCUT2D eigenvalue weighted by Gasteiger charge is -2.10. The molecule has 1 heterocycles. The predicted molar refractivity (Wildman–Crippen MR) is 108 cm³/mol. The molecule has 0 atom stereocenters. The second kappa shape index (κ2) is 8.95. The van der Waals surface area contributed by atoms with Gasteiger partial charge in [-0.3, -0.25) is 4.79 Å². The maximum atomic E-state index is 13.2. The summed E-state index contributed by atoms with van der Waals surface area (Å²) < 4.78 is 13.2. The fourth-order valence-electron chi connectivity index (χ4n) is 2.64. The van der Waals surface area contributed by atoms with E-state index >= 15 is 0 Å². The molecule has 4 nitrogen and oxygen atoms in total. The van der Waals surface area contributed by atoms with Crippen LogP contribution in [0.25, 0.3) is 22.3 Å². The van der Waals surface area contributed by atoms with Crippen LogP contribution in [0.5, 0.6) is 0 Å². The minimum Gasteiger partial charge on any atom is -0.355 e. The van der Waals surface area contributed by atoms with Crippen LogP contribution in [-0.4, -0.2) is 28.2 Å². The molecule has 6 heteroatoms. The Labute approximate surface area is 162 Å². The van der Waals surface area contributed by atoms with Crippen LogP contribution in [-0.2, 0) is 4.79 Å². The van der Waals surface area contributed by atoms with Crippen molar-refractivity contribution < 1.29 is 9.18 Å². The topological polar surface area (TPSA) is 54.9 Å². The molecule has 0 aliphatic carbocycles. The Morgan fingerprint density at radius 2 is 1.93 bits per heavy atom. The molecule has 3 aromatic rings. The van der Waals surface area contributed by atoms with Gasteiger partial charge in [0.15, 0.2) is 5.82 Å². The van der Waals surface area contributed by atoms with Gasteiger partial charge < -0.3 is 5.32 Å². The van der Waals surface area contributed by atoms with E-state index < -0.39 is 0 Å². The summed E-state index contributed by atoms with van der Waals surface area (Å²) in [6, 6.07) is 12.1. The van der Waals surface area contributed by atoms with Gasteiger partial charge in [-0.05, 0) is 49.7 Å². The summed E-state index contributed by atoms with van der Waals surface area (Å²) in [5.41, 5.74) is 2.66. The Morgan fingerprint density at radius 3 is 2.67 bits per heavy atom. The molecule has 27 heavy (non-hydrogen) atoms. The van der Waals surface area contributed by atoms with Crippen molar-refractivity contribution in [1.82, 2.24) is 15.3 Å². The number of unbranched alkanes of at least 4 members (excludes halogenated alkanes) is 1. The molecule has 3 rings (SSSR count). The van der Waals surface area contributed by atoms with Crippen LogP contribution in [0.4, 0.5) is 4.39 Å². The molecule has 0 spiro atoms. The number of amides is 1. The number of carbonyl (C=O) groups is 1. The molecule has 1 aromatic heterocycles. The Bertz CT molecular complexity index is 944. The van der Waals surface area contributed by atoms with Gasteiger partial charge >= 0.3 is 0 Å². The van der Waals surface area contributed by atoms with Gasteiger partial charge in [0.05, 0.1) is 11.3 Å². The molecule has 0 saturated carbocycles. The van der Waals surface area contributed by atoms with Crippen LogP contribution in [0.15, 0.2) is 47.5 Å². The maximum Gasteiger partial charge on any atom is 0.230 e. The van der Waals surface area contributed by atoms with Gasteiger partial charge in [-0.25, -0.2) is 14.4 Å². The van der Waals surface area contributed by atoms with Gasteiger partial charge in [-0.1, -0.05) is 36.7 Å². The average molecular weight is 383 g/mol. The number of aromatic nitrogens is 2. The largest absolute Gasteiger partial charge is 0.355 e. The lowest BCUT2D eigenvalue weighted by molar-refractivity contribution is -0.118. The summed E-state index contributed by atoms with van der Waals surface area (Å²) in [6.45, 7) is 4.80. The quantitative estimate of drug-likeness (QED) is 0.363. The van der Waals surface area contributed by atoms with Gasteiger partial charge in [0, 0.05) is 17.5 Å². The van der Waals surface area contributed by atoms with E-state index in [9.17, 15) is 9.18 Å². The smallest absolute Gasteiger partial charge is 0.230 e. The fourth-order valence-corrected chi connectivity index (χ4v) is 3.48. The van der Waals surface area contributed by atoms with Crippen LogP contribution in [0.1, 0.15) is 25.3 Å². The Morgan fingerprint density at radius 1 is 1.15 bits per heavy atom. The zero-order valence-electron chi connectivity index (χ0n) is 15.5. The Hall–Kier alpha value is -2.47. The lowest BCUT2D eigenvalue weighted by Crippen LogP contribution is -2.26. The highest BCUT2D eigenvalue weighted by Crippen LogP contribution is 2.29. The predicted octanol–water partition coefficient (Wildman–Crippen LogP) is 4.75. The number of hydrogen-bond donors (Lipinski definition) is 1. The third kappa shape index (κ3) is 5.04. The number of fused-ring (bicyclic) bond motifs is 1. The van der Waals surface area contributed by atoms with Crippen molar-refractivity contribution in [2.75, 3.05) is 12.3 Å². The van der Waals surface area contributed by atoms with Gasteiger partial charge in [-0.15, -0.1) is 0 Å². The van der Waals surface area contributed by atoms with Crippen LogP contribution in [0.3, 0.4) is 0 Å². The number of nitrogens with zero attached hydrogens (tertiary/aromatic N) is 2. The first-order valence-corrected chi connectivity index (χ1v) is 9.99. The van der Waals surface area contributed by atoms with Gasteiger partial charge in [0.25, 0.3) is 0 Å². The van der Waals surface area contributed by atoms with E-state index in [1.165, 1.54) is 23.9 Å². The number of hydrogen-bond acceptors (Lipinski definition) is 4. The molecular formula is C21H22FN3OS. The first kappa shape index (κ1) is 19.3. The molecule has 1 N–H and O–H groups in total. The van der Waals surface area contributed by atoms with Gasteiger partial charge in [0.2, 0.25) is 5.91 Å². The van der Waals surface area contributed by atoms with E-state index in [1.807, 2.05) is 25.1 Å². The van der Waals surface area contributed by atoms with Crippen LogP contribution >= 0.6 is 11.8 Å². The van der Waals surface area contributed by atoms with E-state index in [-0.39, 0.29) is 11.7 Å². The molecule has 1 amide bonds. The van der Waals surface area contributed by atoms with Crippen LogP contribution < -0.4 is 5.32 Å². The van der Waals surface area contributed by atoms with E-state index in [0.29, 0.717) is 18.1 Å². The second-order valence-corrected chi connectivity index (χ2v) is 7.34. The summed E-state index contributed by atoms with van der Waals surface area (Å²) in [7, 11) is 0. The second-order valence-electron chi connectivity index (χ2n) is 6.37. The summed E-state index contributed by atoms with van der Waals surface area (Å²) >= 11 is 1.40. The number of aryl methyl sites for hydroxylation is 1. The molecule has 0 fully saturated rings. The zero-order valence-corrected chi connectivity index (χ0v) is 16.3. The normalized spacial score (nSPS) is 10.9. The number of thioether (sulfide) groups is 1. The number of halogens is 1. The minimum absolute atomic E-state index is 0.00352. The van der Waals surface area contributed by atoms with E-state index in [4.69, 9.17) is 0 Å². The molecule has 140 valence electrons. The molecule has 2 aromatic carbocycles. The molecular weight excluding hydrogens is 361 g/mol. The van der Waals surface area contributed by atoms with E-state index in [0.717, 1.165) is 39.9 Å². The number of rotatable bonds is 7. The Kier molecular flexibility index (Phi) is 6.40. The first-order chi connectivity index (χ1) is 13.1. The third-order valence-electron chi connectivity index (χ3n) is 4.11. The number of carbonyl (C=O) groups excluding carboxylic acids is 1. The zero-order chi connectivity index (χ0) is 19.2. The Balaban J connectivity index is 1.90. The highest BCUT2D eigenvalue weighted by molar-refractivity contribution is 8.00. The summed E-state index contributed by atoms with van der Waals surface area (Å²) in [4.78, 5) is 21.3.